The molecule has 1 amide bonds. The fraction of sp³-hybridized carbons (Fsp3) is 0.500. The van der Waals surface area contributed by atoms with Gasteiger partial charge < -0.3 is 10.6 Å². The molecule has 2 aliphatic rings. The highest BCUT2D eigenvalue weighted by atomic mass is 35.5. The number of anilines is 2. The van der Waals surface area contributed by atoms with Crippen LogP contribution in [-0.4, -0.2) is 12.5 Å². The molecule has 1 aliphatic heterocycles. The van der Waals surface area contributed by atoms with Gasteiger partial charge in [-0.25, -0.2) is 0 Å². The predicted octanol–water partition coefficient (Wildman–Crippen LogP) is 2.96. The smallest absolute Gasteiger partial charge is 0.230 e. The van der Waals surface area contributed by atoms with E-state index in [0.29, 0.717) is 17.3 Å². The van der Waals surface area contributed by atoms with Crippen LogP contribution in [0.1, 0.15) is 32.3 Å². The molecule has 1 aliphatic carbocycles. The Morgan fingerprint density at radius 2 is 2.11 bits per heavy atom. The Morgan fingerprint density at radius 1 is 1.44 bits per heavy atom. The number of carbonyl (C=O) groups is 1. The van der Waals surface area contributed by atoms with Crippen molar-refractivity contribution in [1.82, 2.24) is 0 Å². The molecule has 0 spiro atoms. The van der Waals surface area contributed by atoms with Crippen molar-refractivity contribution < 1.29 is 4.79 Å². The first kappa shape index (κ1) is 11.8. The maximum absolute atomic E-state index is 12.3. The molecule has 1 aromatic rings. The van der Waals surface area contributed by atoms with Gasteiger partial charge in [0.25, 0.3) is 0 Å². The monoisotopic (exact) mass is 264 g/mol. The largest absolute Gasteiger partial charge is 0.397 e. The second kappa shape index (κ2) is 3.64. The lowest BCUT2D eigenvalue weighted by Crippen LogP contribution is -2.35. The normalized spacial score (nSPS) is 20.9. The van der Waals surface area contributed by atoms with Crippen LogP contribution in [0.15, 0.2) is 12.1 Å². The lowest BCUT2D eigenvalue weighted by atomic mass is 9.87. The molecule has 0 saturated heterocycles. The molecule has 0 bridgehead atoms. The summed E-state index contributed by atoms with van der Waals surface area (Å²) in [6.45, 7) is 4.95. The number of hydrogen-bond donors (Lipinski definition) is 1. The SMILES string of the molecule is CC1(C)CN(C(=O)C2CC2)c2c(N)cc(Cl)cc21. The first-order valence-electron chi connectivity index (χ1n) is 6.31. The van der Waals surface area contributed by atoms with E-state index in [1.54, 1.807) is 6.07 Å². The zero-order chi connectivity index (χ0) is 13.1. The van der Waals surface area contributed by atoms with Crippen LogP contribution in [-0.2, 0) is 10.2 Å². The Bertz CT molecular complexity index is 535. The molecular weight excluding hydrogens is 248 g/mol. The Hall–Kier alpha value is -1.22. The zero-order valence-electron chi connectivity index (χ0n) is 10.7. The highest BCUT2D eigenvalue weighted by molar-refractivity contribution is 6.31. The lowest BCUT2D eigenvalue weighted by Gasteiger charge is -2.21. The molecule has 0 unspecified atom stereocenters. The number of halogens is 1. The van der Waals surface area contributed by atoms with Crippen LogP contribution in [0.2, 0.25) is 5.02 Å². The van der Waals surface area contributed by atoms with Crippen molar-refractivity contribution in [1.29, 1.82) is 0 Å². The summed E-state index contributed by atoms with van der Waals surface area (Å²) >= 11 is 6.07. The summed E-state index contributed by atoms with van der Waals surface area (Å²) < 4.78 is 0. The van der Waals surface area contributed by atoms with Gasteiger partial charge in [0.15, 0.2) is 0 Å². The minimum Gasteiger partial charge on any atom is -0.397 e. The third kappa shape index (κ3) is 1.69. The Balaban J connectivity index is 2.11. The van der Waals surface area contributed by atoms with E-state index in [1.165, 1.54) is 0 Å². The van der Waals surface area contributed by atoms with E-state index >= 15 is 0 Å². The summed E-state index contributed by atoms with van der Waals surface area (Å²) in [6, 6.07) is 3.67. The van der Waals surface area contributed by atoms with Gasteiger partial charge in [-0.2, -0.15) is 0 Å². The molecule has 1 fully saturated rings. The fourth-order valence-corrected chi connectivity index (χ4v) is 2.96. The fourth-order valence-electron chi connectivity index (χ4n) is 2.74. The number of fused-ring (bicyclic) bond motifs is 1. The summed E-state index contributed by atoms with van der Waals surface area (Å²) in [4.78, 5) is 14.2. The average Bonchev–Trinajstić information content (AvgIpc) is 3.05. The van der Waals surface area contributed by atoms with Crippen LogP contribution in [0.25, 0.3) is 0 Å². The number of nitrogens with zero attached hydrogens (tertiary/aromatic N) is 1. The third-order valence-corrected chi connectivity index (χ3v) is 4.07. The van der Waals surface area contributed by atoms with Gasteiger partial charge in [-0.15, -0.1) is 0 Å². The molecule has 3 nitrogen and oxygen atoms in total. The molecule has 4 heteroatoms. The number of hydrogen-bond acceptors (Lipinski definition) is 2. The maximum atomic E-state index is 12.3. The summed E-state index contributed by atoms with van der Waals surface area (Å²) in [6.07, 6.45) is 2.02. The van der Waals surface area contributed by atoms with Crippen molar-refractivity contribution >= 4 is 28.9 Å². The standard InChI is InChI=1S/C14H17ClN2O/c1-14(2)7-17(13(18)8-3-4-8)12-10(14)5-9(15)6-11(12)16/h5-6,8H,3-4,7,16H2,1-2H3. The molecule has 18 heavy (non-hydrogen) atoms. The minimum absolute atomic E-state index is 0.0844. The predicted molar refractivity (Wildman–Crippen MR) is 74.0 cm³/mol. The van der Waals surface area contributed by atoms with Gasteiger partial charge >= 0.3 is 0 Å². The minimum atomic E-state index is -0.0844. The summed E-state index contributed by atoms with van der Waals surface area (Å²) in [5.41, 5.74) is 8.55. The molecule has 1 aromatic carbocycles. The average molecular weight is 265 g/mol. The van der Waals surface area contributed by atoms with Gasteiger partial charge in [0.05, 0.1) is 11.4 Å². The highest BCUT2D eigenvalue weighted by Crippen LogP contribution is 2.47. The number of amides is 1. The number of benzene rings is 1. The molecule has 2 N–H and O–H groups in total. The van der Waals surface area contributed by atoms with Crippen LogP contribution < -0.4 is 10.6 Å². The Morgan fingerprint density at radius 3 is 2.72 bits per heavy atom. The second-order valence-corrected chi connectivity index (χ2v) is 6.41. The van der Waals surface area contributed by atoms with Crippen molar-refractivity contribution in [2.75, 3.05) is 17.2 Å². The quantitative estimate of drug-likeness (QED) is 0.793. The Labute approximate surface area is 112 Å². The highest BCUT2D eigenvalue weighted by Gasteiger charge is 2.43. The Kier molecular flexibility index (Phi) is 2.39. The van der Waals surface area contributed by atoms with Gasteiger partial charge in [0, 0.05) is 22.9 Å². The number of nitrogen functional groups attached to an aromatic ring is 1. The lowest BCUT2D eigenvalue weighted by molar-refractivity contribution is -0.119. The van der Waals surface area contributed by atoms with E-state index in [9.17, 15) is 4.79 Å². The van der Waals surface area contributed by atoms with E-state index in [-0.39, 0.29) is 17.2 Å². The van der Waals surface area contributed by atoms with Crippen LogP contribution >= 0.6 is 11.6 Å². The summed E-state index contributed by atoms with van der Waals surface area (Å²) in [7, 11) is 0. The first-order valence-corrected chi connectivity index (χ1v) is 6.69. The van der Waals surface area contributed by atoms with E-state index < -0.39 is 0 Å². The van der Waals surface area contributed by atoms with Crippen LogP contribution in [0.3, 0.4) is 0 Å². The van der Waals surface area contributed by atoms with Gasteiger partial charge in [0.1, 0.15) is 0 Å². The summed E-state index contributed by atoms with van der Waals surface area (Å²) in [5.74, 6) is 0.428. The van der Waals surface area contributed by atoms with Crippen molar-refractivity contribution in [2.24, 2.45) is 5.92 Å². The van der Waals surface area contributed by atoms with Crippen LogP contribution in [0.5, 0.6) is 0 Å². The van der Waals surface area contributed by atoms with E-state index in [0.717, 1.165) is 24.1 Å². The first-order chi connectivity index (χ1) is 8.40. The van der Waals surface area contributed by atoms with Gasteiger partial charge in [-0.3, -0.25) is 4.79 Å². The summed E-state index contributed by atoms with van der Waals surface area (Å²) in [5, 5.41) is 0.639. The number of rotatable bonds is 1. The maximum Gasteiger partial charge on any atom is 0.230 e. The van der Waals surface area contributed by atoms with E-state index in [4.69, 9.17) is 17.3 Å². The molecule has 1 saturated carbocycles. The van der Waals surface area contributed by atoms with Crippen molar-refractivity contribution in [3.05, 3.63) is 22.7 Å². The molecule has 0 radical (unpaired) electrons. The van der Waals surface area contributed by atoms with E-state index in [2.05, 4.69) is 13.8 Å². The molecule has 0 aromatic heterocycles. The van der Waals surface area contributed by atoms with Gasteiger partial charge in [0.2, 0.25) is 5.91 Å². The van der Waals surface area contributed by atoms with Crippen molar-refractivity contribution in [3.8, 4) is 0 Å². The van der Waals surface area contributed by atoms with E-state index in [1.807, 2.05) is 11.0 Å². The number of nitrogens with two attached hydrogens (primary N) is 1. The molecule has 0 atom stereocenters. The van der Waals surface area contributed by atoms with Crippen LogP contribution in [0, 0.1) is 5.92 Å². The third-order valence-electron chi connectivity index (χ3n) is 3.85. The number of carbonyl (C=O) groups excluding carboxylic acids is 1. The molecule has 3 rings (SSSR count). The topological polar surface area (TPSA) is 46.3 Å². The second-order valence-electron chi connectivity index (χ2n) is 5.97. The molecule has 1 heterocycles. The molecular formula is C14H17ClN2O. The van der Waals surface area contributed by atoms with Crippen LogP contribution in [0.4, 0.5) is 11.4 Å². The zero-order valence-corrected chi connectivity index (χ0v) is 11.4. The van der Waals surface area contributed by atoms with Gasteiger partial charge in [-0.1, -0.05) is 25.4 Å². The molecule has 96 valence electrons. The van der Waals surface area contributed by atoms with Crippen molar-refractivity contribution in [3.63, 3.8) is 0 Å². The van der Waals surface area contributed by atoms with Crippen molar-refractivity contribution in [2.45, 2.75) is 32.1 Å². The van der Waals surface area contributed by atoms with Gasteiger partial charge in [-0.05, 0) is 30.5 Å².